The number of hydrogen-bond donors (Lipinski definition) is 5. The molecular formula is C85H94N10O19S2. The number of nitrogens with zero attached hydrogens (tertiary/aromatic N) is 6. The van der Waals surface area contributed by atoms with Crippen LogP contribution in [0.2, 0.25) is 0 Å². The van der Waals surface area contributed by atoms with E-state index in [2.05, 4.69) is 40.4 Å². The van der Waals surface area contributed by atoms with Crippen LogP contribution in [0, 0.1) is 11.8 Å². The van der Waals surface area contributed by atoms with Crippen molar-refractivity contribution in [2.24, 2.45) is 17.6 Å². The fourth-order valence-electron chi connectivity index (χ4n) is 14.5. The van der Waals surface area contributed by atoms with Crippen molar-refractivity contribution in [3.63, 3.8) is 0 Å². The van der Waals surface area contributed by atoms with Crippen LogP contribution in [0.5, 0.6) is 11.5 Å². The summed E-state index contributed by atoms with van der Waals surface area (Å²) in [5.41, 5.74) is 11.3. The molecule has 0 radical (unpaired) electrons. The van der Waals surface area contributed by atoms with Crippen LogP contribution in [0.4, 0.5) is 25.8 Å². The first kappa shape index (κ1) is 83.9. The summed E-state index contributed by atoms with van der Waals surface area (Å²) in [5, 5.41) is 20.4. The molecule has 6 aromatic rings. The number of rotatable bonds is 32. The number of aromatic hydroxyl groups is 1. The number of aryl methyl sites for hydroxylation is 1. The smallest absolute Gasteiger partial charge is 0.411 e. The third-order valence-corrected chi connectivity index (χ3v) is 23.3. The molecule has 12 rings (SSSR count). The fraction of sp³-hybridized carbons (Fsp3) is 0.376. The first-order valence-corrected chi connectivity index (χ1v) is 40.1. The number of esters is 1. The molecule has 0 spiro atoms. The van der Waals surface area contributed by atoms with E-state index < -0.39 is 83.7 Å². The van der Waals surface area contributed by atoms with Crippen molar-refractivity contribution < 1.29 is 91.0 Å². The highest BCUT2D eigenvalue weighted by molar-refractivity contribution is 8.08. The van der Waals surface area contributed by atoms with Gasteiger partial charge in [-0.15, -0.1) is 0 Å². The number of benzene rings is 6. The minimum Gasteiger partial charge on any atom is -0.508 e. The molecule has 2 fully saturated rings. The minimum absolute atomic E-state index is 0.00274. The lowest BCUT2D eigenvalue weighted by Crippen LogP contribution is -2.52. The number of thioether (sulfide) groups is 2. The molecule has 2 saturated heterocycles. The van der Waals surface area contributed by atoms with E-state index in [4.69, 9.17) is 38.9 Å². The Hall–Kier alpha value is -11.5. The van der Waals surface area contributed by atoms with Crippen LogP contribution in [0.3, 0.4) is 0 Å². The summed E-state index contributed by atoms with van der Waals surface area (Å²) in [6, 6.07) is 32.1. The maximum atomic E-state index is 14.5. The van der Waals surface area contributed by atoms with Gasteiger partial charge in [-0.2, -0.15) is 0 Å². The second-order valence-corrected chi connectivity index (χ2v) is 31.1. The number of carbonyl (C=O) groups is 11. The normalized spacial score (nSPS) is 17.1. The van der Waals surface area contributed by atoms with Gasteiger partial charge in [0, 0.05) is 134 Å². The molecule has 0 saturated carbocycles. The number of hydrogen-bond acceptors (Lipinski definition) is 22. The van der Waals surface area contributed by atoms with E-state index >= 15 is 0 Å². The molecule has 10 amide bonds. The molecule has 6 aromatic carbocycles. The zero-order chi connectivity index (χ0) is 82.5. The number of ketones is 1. The second-order valence-electron chi connectivity index (χ2n) is 29.0. The lowest BCUT2D eigenvalue weighted by Gasteiger charge is -2.41. The van der Waals surface area contributed by atoms with Gasteiger partial charge in [0.05, 0.1) is 54.6 Å². The number of carbonyl (C=O) groups excluding carboxylic acids is 11. The first-order chi connectivity index (χ1) is 55.8. The molecule has 116 heavy (non-hydrogen) atoms. The Labute approximate surface area is 679 Å². The van der Waals surface area contributed by atoms with Gasteiger partial charge in [-0.25, -0.2) is 24.1 Å². The Morgan fingerprint density at radius 3 is 1.92 bits per heavy atom. The van der Waals surface area contributed by atoms with Crippen LogP contribution in [-0.2, 0) is 76.8 Å². The molecular weight excluding hydrogens is 1530 g/mol. The molecule has 6 heterocycles. The Morgan fingerprint density at radius 2 is 1.34 bits per heavy atom. The number of morpholine rings is 2. The third-order valence-electron chi connectivity index (χ3n) is 21.0. The molecule has 29 nitrogen and oxygen atoms in total. The monoisotopic (exact) mass is 1620 g/mol. The van der Waals surface area contributed by atoms with E-state index in [1.165, 1.54) is 23.9 Å². The van der Waals surface area contributed by atoms with Gasteiger partial charge in [0.1, 0.15) is 37.9 Å². The van der Waals surface area contributed by atoms with Crippen molar-refractivity contribution in [2.75, 3.05) is 123 Å². The van der Waals surface area contributed by atoms with Crippen molar-refractivity contribution in [2.45, 2.75) is 94.4 Å². The Bertz CT molecular complexity index is 4790. The molecule has 0 unspecified atom stereocenters. The maximum absolute atomic E-state index is 14.5. The molecule has 0 bridgehead atoms. The summed E-state index contributed by atoms with van der Waals surface area (Å²) < 4.78 is 39.9. The van der Waals surface area contributed by atoms with Gasteiger partial charge < -0.3 is 84.4 Å². The summed E-state index contributed by atoms with van der Waals surface area (Å²) in [7, 11) is 3.00. The number of Topliss-reactive ketones (excluding diaryl/α,β-unsaturated/α-hetero) is 1. The lowest BCUT2D eigenvalue weighted by atomic mass is 9.81. The van der Waals surface area contributed by atoms with Gasteiger partial charge in [-0.05, 0) is 168 Å². The number of anilines is 2. The van der Waals surface area contributed by atoms with E-state index in [1.54, 1.807) is 140 Å². The summed E-state index contributed by atoms with van der Waals surface area (Å²) in [4.78, 5) is 160. The first-order valence-electron chi connectivity index (χ1n) is 38.5. The SMILES string of the molecule is C=C1C2=C(C=C3c4cc5ccc(O)cc5c(CC)c4CN13)[C@](CC)(OC(=O)N(C)CCN(C)C(=O)OCc1ccc(NC(=O)[C@H](CCCNC(N)=O)CC(=O)[C@@H](NC(=O)COCCOc3ccc(N4C(=O)C(Sc5ccc(C(=O)N6CCOCC6)cc5)=C(Sc5ccc(C(=O)N6CCOCC6)cc5)C4=O)cc3)C(C)C)cc1)C(=O)OC2. The van der Waals surface area contributed by atoms with E-state index in [0.717, 1.165) is 61.6 Å². The van der Waals surface area contributed by atoms with Gasteiger partial charge in [0.25, 0.3) is 23.6 Å². The van der Waals surface area contributed by atoms with Crippen LogP contribution >= 0.6 is 23.5 Å². The Kier molecular flexibility index (Phi) is 27.4. The number of fused-ring (bicyclic) bond motifs is 4. The molecule has 610 valence electrons. The average Bonchev–Trinajstić information content (AvgIpc) is 1.45. The molecule has 0 aromatic heterocycles. The van der Waals surface area contributed by atoms with Crippen LogP contribution in [0.15, 0.2) is 170 Å². The second kappa shape index (κ2) is 37.8. The number of phenols is 1. The molecule has 6 aliphatic heterocycles. The van der Waals surface area contributed by atoms with Gasteiger partial charge in [-0.3, -0.25) is 33.6 Å². The number of likely N-dealkylation sites (N-methyl/N-ethyl adjacent to an activating group) is 2. The highest BCUT2D eigenvalue weighted by Crippen LogP contribution is 2.50. The van der Waals surface area contributed by atoms with E-state index in [9.17, 15) is 57.8 Å². The largest absolute Gasteiger partial charge is 0.508 e. The van der Waals surface area contributed by atoms with Crippen molar-refractivity contribution >= 4 is 117 Å². The summed E-state index contributed by atoms with van der Waals surface area (Å²) in [6.45, 7) is 15.4. The molecule has 3 atom stereocenters. The van der Waals surface area contributed by atoms with Crippen LogP contribution in [0.25, 0.3) is 16.5 Å². The standard InChI is InChI=1S/C85H94N10O19S2/c1-8-64-65-45-60(96)23-14-56(65)43-66-67(64)47-94-52(5)68-49-112-81(104)85(9-2,69(68)46-70(66)94)114-84(107)91(7)32-31-90(6)83(106)113-48-53-12-19-58(20-13-53)88-76(99)57(11-10-30-87-82(86)105)44-71(97)73(51(3)4)89-72(98)50-110-41-42-111-61-24-21-59(22-25-61)95-79(102)74(115-62-26-15-54(16-27-62)77(100)92-33-37-108-38-34-92)75(80(95)103)116-63-28-17-55(18-29-63)78(101)93-35-39-109-40-36-93/h12-29,43,45-46,51,57,73,96H,5,8-11,30-42,44,47-50H2,1-4,6-7H3,(H,88,99)(H,89,98)(H3,86,87,105)/t57-,73+,85+/m1/s1. The number of phenolic OH excluding ortho intramolecular Hbond substituents is 1. The van der Waals surface area contributed by atoms with Crippen molar-refractivity contribution in [1.29, 1.82) is 0 Å². The van der Waals surface area contributed by atoms with E-state index in [-0.39, 0.29) is 105 Å². The quantitative estimate of drug-likeness (QED) is 0.0113. The average molecular weight is 1620 g/mol. The number of urea groups is 1. The summed E-state index contributed by atoms with van der Waals surface area (Å²) in [5.74, 6) is -4.42. The number of primary amides is 1. The molecule has 31 heteroatoms. The van der Waals surface area contributed by atoms with Gasteiger partial charge in [0.2, 0.25) is 17.4 Å². The number of imide groups is 1. The van der Waals surface area contributed by atoms with Gasteiger partial charge in [0.15, 0.2) is 5.78 Å². The zero-order valence-electron chi connectivity index (χ0n) is 65.5. The van der Waals surface area contributed by atoms with Crippen molar-refractivity contribution in [1.82, 2.24) is 35.1 Å². The van der Waals surface area contributed by atoms with E-state index in [0.29, 0.717) is 120 Å². The summed E-state index contributed by atoms with van der Waals surface area (Å²) >= 11 is 2.21. The Balaban J connectivity index is 0.594. The highest BCUT2D eigenvalue weighted by atomic mass is 32.2. The topological polar surface area (TPSA) is 354 Å². The summed E-state index contributed by atoms with van der Waals surface area (Å²) in [6.07, 6.45) is 1.31. The number of nitrogens with two attached hydrogens (primary N) is 1. The predicted octanol–water partition coefficient (Wildman–Crippen LogP) is 9.94. The predicted molar refractivity (Wildman–Crippen MR) is 433 cm³/mol. The minimum atomic E-state index is -1.80. The highest BCUT2D eigenvalue weighted by Gasteiger charge is 2.53. The lowest BCUT2D eigenvalue weighted by molar-refractivity contribution is -0.163. The third kappa shape index (κ3) is 19.4. The fourth-order valence-corrected chi connectivity index (χ4v) is 16.4. The van der Waals surface area contributed by atoms with Crippen LogP contribution in [-0.4, -0.2) is 219 Å². The van der Waals surface area contributed by atoms with Crippen molar-refractivity contribution in [3.8, 4) is 11.5 Å². The molecule has 6 N–H and O–H groups in total. The Morgan fingerprint density at radius 1 is 0.741 bits per heavy atom. The van der Waals surface area contributed by atoms with Crippen molar-refractivity contribution in [3.05, 3.63) is 194 Å². The number of ether oxygens (including phenoxy) is 7. The van der Waals surface area contributed by atoms with Crippen LogP contribution < -0.4 is 31.3 Å². The van der Waals surface area contributed by atoms with Crippen LogP contribution in [0.1, 0.15) is 96.3 Å². The molecule has 0 aliphatic carbocycles. The molecule has 6 aliphatic rings. The van der Waals surface area contributed by atoms with Gasteiger partial charge in [-0.1, -0.05) is 76.0 Å². The number of nitrogens with one attached hydrogen (secondary N) is 3. The van der Waals surface area contributed by atoms with E-state index in [1.807, 2.05) is 12.1 Å². The number of cyclic esters (lactones) is 1. The maximum Gasteiger partial charge on any atom is 0.411 e. The van der Waals surface area contributed by atoms with Gasteiger partial charge >= 0.3 is 24.2 Å². The zero-order valence-corrected chi connectivity index (χ0v) is 67.1. The number of amides is 10.